The maximum Gasteiger partial charge on any atom is 0.375 e. The van der Waals surface area contributed by atoms with Crippen LogP contribution in [0, 0.1) is 0 Å². The van der Waals surface area contributed by atoms with E-state index in [0.29, 0.717) is 10.1 Å². The number of alkyl halides is 2. The van der Waals surface area contributed by atoms with Crippen molar-refractivity contribution in [2.24, 2.45) is 0 Å². The van der Waals surface area contributed by atoms with E-state index >= 15 is 0 Å². The minimum atomic E-state index is -2.74. The molecule has 0 bridgehead atoms. The molecule has 0 aliphatic heterocycles. The molecule has 118 valence electrons. The first kappa shape index (κ1) is 15.0. The van der Waals surface area contributed by atoms with E-state index < -0.39 is 12.5 Å². The molecule has 0 atom stereocenters. The Labute approximate surface area is 130 Å². The molecule has 0 spiro atoms. The van der Waals surface area contributed by atoms with Crippen LogP contribution in [0.4, 0.5) is 8.78 Å². The van der Waals surface area contributed by atoms with E-state index in [1.54, 1.807) is 6.07 Å². The summed E-state index contributed by atoms with van der Waals surface area (Å²) in [5, 5.41) is 0. The summed E-state index contributed by atoms with van der Waals surface area (Å²) in [4.78, 5) is 15.9. The number of furan rings is 1. The summed E-state index contributed by atoms with van der Waals surface area (Å²) in [6, 6.07) is 10.8. The summed E-state index contributed by atoms with van der Waals surface area (Å²) in [6.45, 7) is -3.11. The van der Waals surface area contributed by atoms with E-state index in [4.69, 9.17) is 9.15 Å². The lowest BCUT2D eigenvalue weighted by Crippen LogP contribution is -2.10. The van der Waals surface area contributed by atoms with Gasteiger partial charge in [0.25, 0.3) is 0 Å². The Morgan fingerprint density at radius 1 is 1.26 bits per heavy atom. The molecule has 0 saturated carbocycles. The number of halogens is 2. The second-order valence-corrected chi connectivity index (χ2v) is 4.63. The minimum Gasteiger partial charge on any atom is -0.457 e. The highest BCUT2D eigenvalue weighted by molar-refractivity contribution is 5.94. The Morgan fingerprint density at radius 2 is 2.04 bits per heavy atom. The summed E-state index contributed by atoms with van der Waals surface area (Å²) >= 11 is 0. The predicted molar refractivity (Wildman–Crippen MR) is 76.7 cm³/mol. The number of carbonyl (C=O) groups is 1. The van der Waals surface area contributed by atoms with Crippen molar-refractivity contribution in [1.29, 1.82) is 0 Å². The molecule has 2 heterocycles. The fourth-order valence-electron chi connectivity index (χ4n) is 2.14. The van der Waals surface area contributed by atoms with Gasteiger partial charge in [-0.15, -0.1) is 0 Å². The number of aromatic nitrogens is 2. The predicted octanol–water partition coefficient (Wildman–Crippen LogP) is 3.90. The van der Waals surface area contributed by atoms with Gasteiger partial charge in [-0.3, -0.25) is 4.57 Å². The average molecular weight is 318 g/mol. The number of esters is 1. The molecule has 0 N–H and O–H groups in total. The maximum absolute atomic E-state index is 12.7. The van der Waals surface area contributed by atoms with Gasteiger partial charge in [0.2, 0.25) is 5.76 Å². The van der Waals surface area contributed by atoms with Crippen LogP contribution in [0.25, 0.3) is 11.1 Å². The zero-order chi connectivity index (χ0) is 16.2. The molecule has 23 heavy (non-hydrogen) atoms. The third-order valence-corrected chi connectivity index (χ3v) is 3.23. The van der Waals surface area contributed by atoms with E-state index in [2.05, 4.69) is 4.98 Å². The third kappa shape index (κ3) is 3.13. The molecular weight excluding hydrogens is 306 g/mol. The SMILES string of the molecule is O=C(OCc1nccn1C(F)F)c1occc1-c1ccccc1. The summed E-state index contributed by atoms with van der Waals surface area (Å²) in [5.41, 5.74) is 1.37. The minimum absolute atomic E-state index is 0.0198. The van der Waals surface area contributed by atoms with Gasteiger partial charge < -0.3 is 9.15 Å². The fraction of sp³-hybridized carbons (Fsp3) is 0.125. The molecule has 0 saturated heterocycles. The Hall–Kier alpha value is -2.96. The molecule has 2 aromatic heterocycles. The zero-order valence-electron chi connectivity index (χ0n) is 11.9. The third-order valence-electron chi connectivity index (χ3n) is 3.23. The monoisotopic (exact) mass is 318 g/mol. The molecule has 3 aromatic rings. The summed E-state index contributed by atoms with van der Waals surface area (Å²) in [7, 11) is 0. The van der Waals surface area contributed by atoms with Crippen molar-refractivity contribution in [2.45, 2.75) is 13.2 Å². The standard InChI is InChI=1S/C16H12F2N2O3/c17-16(18)20-8-7-19-13(20)10-23-15(21)14-12(6-9-22-14)11-4-2-1-3-5-11/h1-9,16H,10H2. The van der Waals surface area contributed by atoms with E-state index in [1.165, 1.54) is 12.5 Å². The van der Waals surface area contributed by atoms with E-state index in [9.17, 15) is 13.6 Å². The smallest absolute Gasteiger partial charge is 0.375 e. The first-order valence-corrected chi connectivity index (χ1v) is 6.76. The van der Waals surface area contributed by atoms with Gasteiger partial charge in [0, 0.05) is 18.0 Å². The van der Waals surface area contributed by atoms with Crippen LogP contribution in [0.15, 0.2) is 59.5 Å². The van der Waals surface area contributed by atoms with Crippen molar-refractivity contribution in [2.75, 3.05) is 0 Å². The fourth-order valence-corrected chi connectivity index (χ4v) is 2.14. The first-order valence-electron chi connectivity index (χ1n) is 6.76. The lowest BCUT2D eigenvalue weighted by Gasteiger charge is -2.07. The number of carbonyl (C=O) groups excluding carboxylic acids is 1. The van der Waals surface area contributed by atoms with E-state index in [0.717, 1.165) is 11.8 Å². The number of hydrogen-bond donors (Lipinski definition) is 0. The van der Waals surface area contributed by atoms with Crippen LogP contribution in [0.3, 0.4) is 0 Å². The van der Waals surface area contributed by atoms with Crippen molar-refractivity contribution in [3.8, 4) is 11.1 Å². The van der Waals surface area contributed by atoms with Gasteiger partial charge in [0.05, 0.1) is 6.26 Å². The largest absolute Gasteiger partial charge is 0.457 e. The van der Waals surface area contributed by atoms with Crippen molar-refractivity contribution in [1.82, 2.24) is 9.55 Å². The number of hydrogen-bond acceptors (Lipinski definition) is 4. The molecule has 0 aliphatic rings. The second kappa shape index (κ2) is 6.43. The lowest BCUT2D eigenvalue weighted by molar-refractivity contribution is 0.0349. The molecule has 1 aromatic carbocycles. The van der Waals surface area contributed by atoms with Crippen LogP contribution in [0.2, 0.25) is 0 Å². The molecule has 0 fully saturated rings. The Balaban J connectivity index is 1.75. The maximum atomic E-state index is 12.7. The highest BCUT2D eigenvalue weighted by Crippen LogP contribution is 2.25. The number of nitrogens with zero attached hydrogens (tertiary/aromatic N) is 2. The van der Waals surface area contributed by atoms with Crippen LogP contribution in [0.5, 0.6) is 0 Å². The zero-order valence-corrected chi connectivity index (χ0v) is 11.9. The Morgan fingerprint density at radius 3 is 2.78 bits per heavy atom. The Kier molecular flexibility index (Phi) is 4.18. The number of imidazole rings is 1. The van der Waals surface area contributed by atoms with Crippen LogP contribution in [-0.2, 0) is 11.3 Å². The normalized spacial score (nSPS) is 10.9. The van der Waals surface area contributed by atoms with Crippen molar-refractivity contribution in [3.05, 3.63) is 66.6 Å². The van der Waals surface area contributed by atoms with Crippen LogP contribution < -0.4 is 0 Å². The van der Waals surface area contributed by atoms with Crippen molar-refractivity contribution < 1.29 is 22.7 Å². The number of ether oxygens (including phenoxy) is 1. The van der Waals surface area contributed by atoms with Gasteiger partial charge in [-0.1, -0.05) is 30.3 Å². The highest BCUT2D eigenvalue weighted by Gasteiger charge is 2.20. The Bertz CT molecular complexity index is 797. The van der Waals surface area contributed by atoms with Gasteiger partial charge in [0.1, 0.15) is 6.61 Å². The number of rotatable bonds is 5. The average Bonchev–Trinajstić information content (AvgIpc) is 3.22. The molecule has 0 amide bonds. The van der Waals surface area contributed by atoms with Gasteiger partial charge in [-0.05, 0) is 11.6 Å². The van der Waals surface area contributed by atoms with Crippen LogP contribution in [-0.4, -0.2) is 15.5 Å². The van der Waals surface area contributed by atoms with Gasteiger partial charge >= 0.3 is 12.5 Å². The van der Waals surface area contributed by atoms with E-state index in [-0.39, 0.29) is 18.2 Å². The molecule has 0 unspecified atom stereocenters. The van der Waals surface area contributed by atoms with Crippen molar-refractivity contribution >= 4 is 5.97 Å². The highest BCUT2D eigenvalue weighted by atomic mass is 19.3. The van der Waals surface area contributed by atoms with Crippen LogP contribution >= 0.6 is 0 Å². The summed E-state index contributed by atoms with van der Waals surface area (Å²) in [6.07, 6.45) is 3.72. The molecular formula is C16H12F2N2O3. The molecule has 0 aliphatic carbocycles. The molecule has 7 heteroatoms. The lowest BCUT2D eigenvalue weighted by atomic mass is 10.1. The quantitative estimate of drug-likeness (QED) is 0.670. The van der Waals surface area contributed by atoms with Crippen LogP contribution in [0.1, 0.15) is 22.9 Å². The van der Waals surface area contributed by atoms with Crippen molar-refractivity contribution in [3.63, 3.8) is 0 Å². The molecule has 5 nitrogen and oxygen atoms in total. The van der Waals surface area contributed by atoms with Gasteiger partial charge in [-0.25, -0.2) is 9.78 Å². The summed E-state index contributed by atoms with van der Waals surface area (Å²) < 4.78 is 36.3. The second-order valence-electron chi connectivity index (χ2n) is 4.63. The van der Waals surface area contributed by atoms with Gasteiger partial charge in [0.15, 0.2) is 5.82 Å². The first-order chi connectivity index (χ1) is 11.2. The van der Waals surface area contributed by atoms with Gasteiger partial charge in [-0.2, -0.15) is 8.78 Å². The summed E-state index contributed by atoms with van der Waals surface area (Å²) in [5.74, 6) is -0.759. The topological polar surface area (TPSA) is 57.3 Å². The molecule has 3 rings (SSSR count). The van der Waals surface area contributed by atoms with E-state index in [1.807, 2.05) is 30.3 Å². The number of benzene rings is 1. The molecule has 0 radical (unpaired) electrons.